The standard InChI is InChI=1S/C25H20ClN3O2S2/c1-30-18-6-4-5-17(15-18)29-24(23(28-25(29)32)20-7-2-3-14-27-20)21-12-13-22(31-21)33-19-10-8-16(26)9-11-19/h2-15,23-24H,1H3,(H,28,32)/t23-,24-/m0/s1. The SMILES string of the molecule is COc1cccc(N2C(=S)N[C@@H](c3ccccn3)[C@@H]2c2ccc(Sc3ccc(Cl)cc3)o2)c1. The highest BCUT2D eigenvalue weighted by atomic mass is 35.5. The molecule has 166 valence electrons. The van der Waals surface area contributed by atoms with Crippen LogP contribution in [0.4, 0.5) is 5.69 Å². The summed E-state index contributed by atoms with van der Waals surface area (Å²) in [5.74, 6) is 1.55. The van der Waals surface area contributed by atoms with Crippen LogP contribution < -0.4 is 15.0 Å². The van der Waals surface area contributed by atoms with Crippen LogP contribution in [0, 0.1) is 0 Å². The van der Waals surface area contributed by atoms with Crippen molar-refractivity contribution in [2.75, 3.05) is 12.0 Å². The minimum Gasteiger partial charge on any atom is -0.497 e. The van der Waals surface area contributed by atoms with Crippen molar-refractivity contribution >= 4 is 46.4 Å². The molecule has 33 heavy (non-hydrogen) atoms. The number of thiocarbonyl (C=S) groups is 1. The third-order valence-electron chi connectivity index (χ3n) is 5.36. The van der Waals surface area contributed by atoms with Crippen molar-refractivity contribution < 1.29 is 9.15 Å². The number of halogens is 1. The summed E-state index contributed by atoms with van der Waals surface area (Å²) in [6.07, 6.45) is 1.79. The maximum atomic E-state index is 6.34. The number of nitrogens with zero attached hydrogens (tertiary/aromatic N) is 2. The van der Waals surface area contributed by atoms with Crippen LogP contribution in [-0.4, -0.2) is 17.2 Å². The number of aromatic nitrogens is 1. The molecule has 1 saturated heterocycles. The lowest BCUT2D eigenvalue weighted by Gasteiger charge is -2.26. The summed E-state index contributed by atoms with van der Waals surface area (Å²) < 4.78 is 11.8. The predicted octanol–water partition coefficient (Wildman–Crippen LogP) is 6.66. The van der Waals surface area contributed by atoms with Crippen LogP contribution in [0.1, 0.15) is 23.5 Å². The average Bonchev–Trinajstić information content (AvgIpc) is 3.45. The molecule has 4 aromatic rings. The number of rotatable bonds is 6. The smallest absolute Gasteiger partial charge is 0.174 e. The van der Waals surface area contributed by atoms with Crippen LogP contribution in [0.25, 0.3) is 0 Å². The number of pyridine rings is 1. The van der Waals surface area contributed by atoms with Gasteiger partial charge in [-0.25, -0.2) is 0 Å². The van der Waals surface area contributed by atoms with E-state index in [9.17, 15) is 0 Å². The zero-order chi connectivity index (χ0) is 22.8. The van der Waals surface area contributed by atoms with E-state index in [0.29, 0.717) is 10.1 Å². The molecule has 1 fully saturated rings. The number of hydrogen-bond donors (Lipinski definition) is 1. The summed E-state index contributed by atoms with van der Waals surface area (Å²) in [6, 6.07) is 25.0. The molecule has 5 rings (SSSR count). The molecule has 0 spiro atoms. The lowest BCUT2D eigenvalue weighted by atomic mass is 10.0. The van der Waals surface area contributed by atoms with E-state index in [1.807, 2.05) is 78.9 Å². The second-order valence-corrected chi connectivity index (χ2v) is 9.31. The van der Waals surface area contributed by atoms with Gasteiger partial charge in [0.25, 0.3) is 0 Å². The highest BCUT2D eigenvalue weighted by molar-refractivity contribution is 7.99. The van der Waals surface area contributed by atoms with E-state index in [2.05, 4.69) is 15.2 Å². The Morgan fingerprint density at radius 2 is 1.91 bits per heavy atom. The average molecular weight is 494 g/mol. The normalized spacial score (nSPS) is 17.8. The number of hydrogen-bond acceptors (Lipinski definition) is 5. The van der Waals surface area contributed by atoms with Crippen LogP contribution in [0.15, 0.2) is 99.5 Å². The molecule has 2 aromatic heterocycles. The van der Waals surface area contributed by atoms with E-state index in [1.165, 1.54) is 0 Å². The second kappa shape index (κ2) is 9.47. The molecule has 0 saturated carbocycles. The van der Waals surface area contributed by atoms with Gasteiger partial charge in [-0.2, -0.15) is 0 Å². The van der Waals surface area contributed by atoms with Crippen molar-refractivity contribution in [1.29, 1.82) is 0 Å². The molecule has 2 atom stereocenters. The molecule has 1 aliphatic rings. The zero-order valence-electron chi connectivity index (χ0n) is 17.6. The molecule has 8 heteroatoms. The molecule has 0 unspecified atom stereocenters. The number of anilines is 1. The monoisotopic (exact) mass is 493 g/mol. The van der Waals surface area contributed by atoms with E-state index in [4.69, 9.17) is 33.0 Å². The first-order chi connectivity index (χ1) is 16.1. The minimum absolute atomic E-state index is 0.176. The lowest BCUT2D eigenvalue weighted by molar-refractivity contribution is 0.383. The Labute approximate surface area is 206 Å². The predicted molar refractivity (Wildman–Crippen MR) is 135 cm³/mol. The van der Waals surface area contributed by atoms with Gasteiger partial charge in [0.05, 0.1) is 18.8 Å². The van der Waals surface area contributed by atoms with E-state index < -0.39 is 0 Å². The molecule has 0 radical (unpaired) electrons. The first-order valence-electron chi connectivity index (χ1n) is 10.3. The van der Waals surface area contributed by atoms with Crippen LogP contribution in [0.2, 0.25) is 5.02 Å². The van der Waals surface area contributed by atoms with Gasteiger partial charge in [0.2, 0.25) is 0 Å². The van der Waals surface area contributed by atoms with E-state index >= 15 is 0 Å². The number of nitrogens with one attached hydrogen (secondary N) is 1. The third kappa shape index (κ3) is 4.57. The van der Waals surface area contributed by atoms with Crippen molar-refractivity contribution in [1.82, 2.24) is 10.3 Å². The summed E-state index contributed by atoms with van der Waals surface area (Å²) in [5.41, 5.74) is 1.80. The van der Waals surface area contributed by atoms with Crippen LogP contribution in [0.5, 0.6) is 5.75 Å². The van der Waals surface area contributed by atoms with E-state index in [0.717, 1.165) is 32.9 Å². The Balaban J connectivity index is 1.53. The van der Waals surface area contributed by atoms with Gasteiger partial charge in [0, 0.05) is 27.9 Å². The maximum Gasteiger partial charge on any atom is 0.174 e. The van der Waals surface area contributed by atoms with Gasteiger partial charge < -0.3 is 19.4 Å². The first kappa shape index (κ1) is 21.8. The summed E-state index contributed by atoms with van der Waals surface area (Å²) >= 11 is 13.3. The molecule has 0 aliphatic carbocycles. The molecular weight excluding hydrogens is 474 g/mol. The molecule has 3 heterocycles. The van der Waals surface area contributed by atoms with Crippen molar-refractivity contribution in [2.24, 2.45) is 0 Å². The molecule has 1 N–H and O–H groups in total. The van der Waals surface area contributed by atoms with Gasteiger partial charge in [0.15, 0.2) is 10.2 Å². The Morgan fingerprint density at radius 1 is 1.06 bits per heavy atom. The fraction of sp³-hybridized carbons (Fsp3) is 0.120. The lowest BCUT2D eigenvalue weighted by Crippen LogP contribution is -2.29. The summed E-state index contributed by atoms with van der Waals surface area (Å²) in [7, 11) is 1.65. The Kier molecular flexibility index (Phi) is 6.26. The highest BCUT2D eigenvalue weighted by Gasteiger charge is 2.42. The van der Waals surface area contributed by atoms with E-state index in [1.54, 1.807) is 25.1 Å². The maximum absolute atomic E-state index is 6.34. The minimum atomic E-state index is -0.223. The largest absolute Gasteiger partial charge is 0.497 e. The molecule has 1 aliphatic heterocycles. The fourth-order valence-electron chi connectivity index (χ4n) is 3.85. The topological polar surface area (TPSA) is 50.5 Å². The second-order valence-electron chi connectivity index (χ2n) is 7.41. The Morgan fingerprint density at radius 3 is 2.67 bits per heavy atom. The summed E-state index contributed by atoms with van der Waals surface area (Å²) in [5, 5.41) is 5.54. The van der Waals surface area contributed by atoms with E-state index in [-0.39, 0.29) is 12.1 Å². The van der Waals surface area contributed by atoms with Crippen molar-refractivity contribution in [2.45, 2.75) is 22.1 Å². The van der Waals surface area contributed by atoms with Gasteiger partial charge in [-0.15, -0.1) is 0 Å². The summed E-state index contributed by atoms with van der Waals surface area (Å²) in [4.78, 5) is 7.69. The van der Waals surface area contributed by atoms with Crippen LogP contribution in [0.3, 0.4) is 0 Å². The molecule has 0 bridgehead atoms. The van der Waals surface area contributed by atoms with Gasteiger partial charge in [0.1, 0.15) is 17.6 Å². The van der Waals surface area contributed by atoms with Crippen molar-refractivity contribution in [3.8, 4) is 5.75 Å². The molecule has 0 amide bonds. The van der Waals surface area contributed by atoms with Crippen LogP contribution >= 0.6 is 35.6 Å². The van der Waals surface area contributed by atoms with Crippen molar-refractivity contribution in [3.63, 3.8) is 0 Å². The number of furan rings is 1. The highest BCUT2D eigenvalue weighted by Crippen LogP contribution is 2.44. The van der Waals surface area contributed by atoms with Crippen molar-refractivity contribution in [3.05, 3.63) is 102 Å². The molecule has 2 aromatic carbocycles. The third-order valence-corrected chi connectivity index (χ3v) is 6.85. The molecule has 5 nitrogen and oxygen atoms in total. The molecular formula is C25H20ClN3O2S2. The van der Waals surface area contributed by atoms with Gasteiger partial charge >= 0.3 is 0 Å². The number of ether oxygens (including phenoxy) is 1. The van der Waals surface area contributed by atoms with Gasteiger partial charge in [-0.1, -0.05) is 35.5 Å². The van der Waals surface area contributed by atoms with Gasteiger partial charge in [-0.05, 0) is 72.9 Å². The quantitative estimate of drug-likeness (QED) is 0.301. The zero-order valence-corrected chi connectivity index (χ0v) is 20.0. The fourth-order valence-corrected chi connectivity index (χ4v) is 5.10. The Hall–Kier alpha value is -3.00. The first-order valence-corrected chi connectivity index (χ1v) is 11.9. The number of methoxy groups -OCH3 is 1. The number of benzene rings is 2. The van der Waals surface area contributed by atoms with Crippen LogP contribution in [-0.2, 0) is 0 Å². The van der Waals surface area contributed by atoms with Gasteiger partial charge in [-0.3, -0.25) is 4.98 Å². The summed E-state index contributed by atoms with van der Waals surface area (Å²) in [6.45, 7) is 0. The Bertz CT molecular complexity index is 1260.